The third-order valence-corrected chi connectivity index (χ3v) is 2.83. The highest BCUT2D eigenvalue weighted by molar-refractivity contribution is 6.30. The Kier molecular flexibility index (Phi) is 4.54. The summed E-state index contributed by atoms with van der Waals surface area (Å²) in [6, 6.07) is 7.16. The lowest BCUT2D eigenvalue weighted by molar-refractivity contribution is -0.122. The number of halogens is 1. The molecular formula is C13H19ClN2O. The van der Waals surface area contributed by atoms with Crippen molar-refractivity contribution in [1.29, 1.82) is 0 Å². The Labute approximate surface area is 107 Å². The highest BCUT2D eigenvalue weighted by Crippen LogP contribution is 2.19. The molecule has 0 saturated carbocycles. The second kappa shape index (κ2) is 5.52. The zero-order valence-electron chi connectivity index (χ0n) is 10.5. The van der Waals surface area contributed by atoms with E-state index in [2.05, 4.69) is 5.32 Å². The molecule has 0 aliphatic rings. The van der Waals surface area contributed by atoms with Crippen molar-refractivity contribution in [3.05, 3.63) is 34.9 Å². The minimum absolute atomic E-state index is 0.196. The topological polar surface area (TPSA) is 55.1 Å². The maximum atomic E-state index is 11.4. The minimum atomic E-state index is -0.349. The number of hydrogen-bond donors (Lipinski definition) is 2. The maximum Gasteiger partial charge on any atom is 0.235 e. The van der Waals surface area contributed by atoms with Gasteiger partial charge in [-0.2, -0.15) is 0 Å². The molecule has 0 radical (unpaired) electrons. The predicted octanol–water partition coefficient (Wildman–Crippen LogP) is 2.33. The molecule has 0 aliphatic heterocycles. The monoisotopic (exact) mass is 254 g/mol. The molecule has 1 aromatic carbocycles. The second-order valence-corrected chi connectivity index (χ2v) is 5.65. The quantitative estimate of drug-likeness (QED) is 0.867. The van der Waals surface area contributed by atoms with Crippen LogP contribution >= 0.6 is 11.6 Å². The zero-order chi connectivity index (χ0) is 13.1. The van der Waals surface area contributed by atoms with Gasteiger partial charge in [-0.15, -0.1) is 0 Å². The normalized spacial score (nSPS) is 13.4. The first-order valence-electron chi connectivity index (χ1n) is 5.58. The van der Waals surface area contributed by atoms with Crippen LogP contribution in [0.15, 0.2) is 24.3 Å². The summed E-state index contributed by atoms with van der Waals surface area (Å²) in [5, 5.41) is 3.88. The number of nitrogens with one attached hydrogen (secondary N) is 1. The Hall–Kier alpha value is -1.06. The van der Waals surface area contributed by atoms with Crippen LogP contribution in [0.1, 0.15) is 26.3 Å². The molecule has 0 aromatic heterocycles. The van der Waals surface area contributed by atoms with Gasteiger partial charge in [-0.25, -0.2) is 0 Å². The van der Waals surface area contributed by atoms with Crippen molar-refractivity contribution in [1.82, 2.24) is 5.32 Å². The SMILES string of the molecule is CC(C)(C)C(NCc1ccc(Cl)cc1)C(N)=O. The zero-order valence-corrected chi connectivity index (χ0v) is 11.2. The lowest BCUT2D eigenvalue weighted by atomic mass is 9.86. The molecule has 17 heavy (non-hydrogen) atoms. The minimum Gasteiger partial charge on any atom is -0.368 e. The van der Waals surface area contributed by atoms with Gasteiger partial charge in [0.2, 0.25) is 5.91 Å². The fraction of sp³-hybridized carbons (Fsp3) is 0.462. The van der Waals surface area contributed by atoms with Gasteiger partial charge in [0.1, 0.15) is 0 Å². The number of rotatable bonds is 4. The molecule has 0 saturated heterocycles. The number of nitrogens with two attached hydrogens (primary N) is 1. The number of amides is 1. The van der Waals surface area contributed by atoms with Crippen LogP contribution in [0.25, 0.3) is 0 Å². The molecule has 4 heteroatoms. The highest BCUT2D eigenvalue weighted by atomic mass is 35.5. The first kappa shape index (κ1) is 14.0. The third kappa shape index (κ3) is 4.36. The van der Waals surface area contributed by atoms with E-state index in [1.807, 2.05) is 45.0 Å². The lowest BCUT2D eigenvalue weighted by Gasteiger charge is -2.28. The first-order chi connectivity index (χ1) is 7.80. The molecule has 1 atom stereocenters. The number of carbonyl (C=O) groups excluding carboxylic acids is 1. The van der Waals surface area contributed by atoms with E-state index in [1.54, 1.807) is 0 Å². The fourth-order valence-corrected chi connectivity index (χ4v) is 1.78. The van der Waals surface area contributed by atoms with Gasteiger partial charge in [-0.1, -0.05) is 44.5 Å². The van der Waals surface area contributed by atoms with E-state index < -0.39 is 0 Å². The van der Waals surface area contributed by atoms with Crippen LogP contribution in [0, 0.1) is 5.41 Å². The van der Waals surface area contributed by atoms with Crippen LogP contribution in [-0.2, 0) is 11.3 Å². The molecule has 0 spiro atoms. The summed E-state index contributed by atoms with van der Waals surface area (Å²) in [6.45, 7) is 6.55. The van der Waals surface area contributed by atoms with E-state index in [4.69, 9.17) is 17.3 Å². The number of benzene rings is 1. The first-order valence-corrected chi connectivity index (χ1v) is 5.95. The molecule has 0 heterocycles. The average molecular weight is 255 g/mol. The molecule has 0 aliphatic carbocycles. The van der Waals surface area contributed by atoms with Gasteiger partial charge < -0.3 is 11.1 Å². The standard InChI is InChI=1S/C13H19ClN2O/c1-13(2,3)11(12(15)17)16-8-9-4-6-10(14)7-5-9/h4-7,11,16H,8H2,1-3H3,(H2,15,17). The molecule has 1 unspecified atom stereocenters. The van der Waals surface area contributed by atoms with E-state index >= 15 is 0 Å². The van der Waals surface area contributed by atoms with Crippen LogP contribution < -0.4 is 11.1 Å². The summed E-state index contributed by atoms with van der Waals surface area (Å²) in [5.41, 5.74) is 6.27. The molecule has 94 valence electrons. The Morgan fingerprint density at radius 3 is 2.29 bits per heavy atom. The predicted molar refractivity (Wildman–Crippen MR) is 70.7 cm³/mol. The van der Waals surface area contributed by atoms with Gasteiger partial charge in [0.25, 0.3) is 0 Å². The number of primary amides is 1. The van der Waals surface area contributed by atoms with Crippen molar-refractivity contribution in [2.24, 2.45) is 11.1 Å². The van der Waals surface area contributed by atoms with Crippen molar-refractivity contribution in [2.45, 2.75) is 33.4 Å². The maximum absolute atomic E-state index is 11.4. The Morgan fingerprint density at radius 1 is 1.35 bits per heavy atom. The molecule has 3 N–H and O–H groups in total. The summed E-state index contributed by atoms with van der Waals surface area (Å²) in [6.07, 6.45) is 0. The van der Waals surface area contributed by atoms with Crippen LogP contribution in [-0.4, -0.2) is 11.9 Å². The van der Waals surface area contributed by atoms with Gasteiger partial charge in [-0.3, -0.25) is 4.79 Å². The molecule has 1 aromatic rings. The van der Waals surface area contributed by atoms with Gasteiger partial charge in [0, 0.05) is 11.6 Å². The Balaban J connectivity index is 2.65. The van der Waals surface area contributed by atoms with Gasteiger partial charge in [-0.05, 0) is 23.1 Å². The van der Waals surface area contributed by atoms with E-state index in [-0.39, 0.29) is 17.4 Å². The summed E-state index contributed by atoms with van der Waals surface area (Å²) in [5.74, 6) is -0.327. The van der Waals surface area contributed by atoms with E-state index in [0.29, 0.717) is 11.6 Å². The van der Waals surface area contributed by atoms with Crippen molar-refractivity contribution in [3.8, 4) is 0 Å². The summed E-state index contributed by atoms with van der Waals surface area (Å²) in [7, 11) is 0. The van der Waals surface area contributed by atoms with Crippen LogP contribution in [0.3, 0.4) is 0 Å². The third-order valence-electron chi connectivity index (χ3n) is 2.57. The van der Waals surface area contributed by atoms with Crippen LogP contribution in [0.5, 0.6) is 0 Å². The van der Waals surface area contributed by atoms with Crippen LogP contribution in [0.2, 0.25) is 5.02 Å². The molecule has 1 amide bonds. The van der Waals surface area contributed by atoms with E-state index in [0.717, 1.165) is 5.56 Å². The van der Waals surface area contributed by atoms with Crippen molar-refractivity contribution < 1.29 is 4.79 Å². The number of hydrogen-bond acceptors (Lipinski definition) is 2. The molecular weight excluding hydrogens is 236 g/mol. The molecule has 1 rings (SSSR count). The van der Waals surface area contributed by atoms with Gasteiger partial charge in [0.05, 0.1) is 6.04 Å². The van der Waals surface area contributed by atoms with Gasteiger partial charge >= 0.3 is 0 Å². The average Bonchev–Trinajstić information content (AvgIpc) is 2.18. The summed E-state index contributed by atoms with van der Waals surface area (Å²) >= 11 is 5.80. The fourth-order valence-electron chi connectivity index (χ4n) is 1.66. The lowest BCUT2D eigenvalue weighted by Crippen LogP contribution is -2.49. The van der Waals surface area contributed by atoms with Gasteiger partial charge in [0.15, 0.2) is 0 Å². The van der Waals surface area contributed by atoms with E-state index in [9.17, 15) is 4.79 Å². The van der Waals surface area contributed by atoms with Crippen LogP contribution in [0.4, 0.5) is 0 Å². The largest absolute Gasteiger partial charge is 0.368 e. The van der Waals surface area contributed by atoms with Crippen molar-refractivity contribution in [2.75, 3.05) is 0 Å². The van der Waals surface area contributed by atoms with Crippen molar-refractivity contribution in [3.63, 3.8) is 0 Å². The summed E-state index contributed by atoms with van der Waals surface area (Å²) < 4.78 is 0. The Bertz CT molecular complexity index is 381. The Morgan fingerprint density at radius 2 is 1.88 bits per heavy atom. The smallest absolute Gasteiger partial charge is 0.235 e. The highest BCUT2D eigenvalue weighted by Gasteiger charge is 2.28. The molecule has 0 fully saturated rings. The van der Waals surface area contributed by atoms with Crippen molar-refractivity contribution >= 4 is 17.5 Å². The molecule has 3 nitrogen and oxygen atoms in total. The van der Waals surface area contributed by atoms with E-state index in [1.165, 1.54) is 0 Å². The summed E-state index contributed by atoms with van der Waals surface area (Å²) in [4.78, 5) is 11.4. The molecule has 0 bridgehead atoms. The second-order valence-electron chi connectivity index (χ2n) is 5.21. The number of carbonyl (C=O) groups is 1.